The van der Waals surface area contributed by atoms with E-state index in [9.17, 15) is 0 Å². The highest BCUT2D eigenvalue weighted by Gasteiger charge is 2.23. The number of unbranched alkanes of at least 4 members (excludes halogenated alkanes) is 2. The fraction of sp³-hybridized carbons (Fsp3) is 1.00. The zero-order valence-corrected chi connectivity index (χ0v) is 12.7. The molecule has 0 aromatic rings. The van der Waals surface area contributed by atoms with Crippen molar-refractivity contribution in [2.45, 2.75) is 51.5 Å². The summed E-state index contributed by atoms with van der Waals surface area (Å²) in [5.41, 5.74) is 0. The molecule has 0 bridgehead atoms. The summed E-state index contributed by atoms with van der Waals surface area (Å²) in [6, 6.07) is 0.818. The van der Waals surface area contributed by atoms with Gasteiger partial charge in [0, 0.05) is 12.6 Å². The number of likely N-dealkylation sites (N-methyl/N-ethyl adjacent to an activating group) is 1. The molecule has 0 aromatic carbocycles. The van der Waals surface area contributed by atoms with Crippen molar-refractivity contribution in [1.29, 1.82) is 0 Å². The van der Waals surface area contributed by atoms with Gasteiger partial charge in [0.25, 0.3) is 0 Å². The van der Waals surface area contributed by atoms with Crippen LogP contribution in [-0.4, -0.2) is 62.7 Å². The van der Waals surface area contributed by atoms with E-state index in [1.54, 1.807) is 0 Å². The molecular weight excluding hydrogens is 222 g/mol. The van der Waals surface area contributed by atoms with Gasteiger partial charge in [0.05, 0.1) is 0 Å². The van der Waals surface area contributed by atoms with Crippen LogP contribution in [0.5, 0.6) is 0 Å². The number of nitrogens with zero attached hydrogens (tertiary/aromatic N) is 2. The molecule has 0 spiro atoms. The van der Waals surface area contributed by atoms with Crippen LogP contribution < -0.4 is 5.32 Å². The van der Waals surface area contributed by atoms with E-state index in [0.717, 1.165) is 6.04 Å². The first-order valence-electron chi connectivity index (χ1n) is 7.83. The number of likely N-dealkylation sites (tertiary alicyclic amines) is 1. The average Bonchev–Trinajstić information content (AvgIpc) is 2.75. The molecule has 0 aromatic heterocycles. The van der Waals surface area contributed by atoms with Crippen LogP contribution in [-0.2, 0) is 0 Å². The Morgan fingerprint density at radius 1 is 1.17 bits per heavy atom. The van der Waals surface area contributed by atoms with Gasteiger partial charge in [-0.2, -0.15) is 0 Å². The van der Waals surface area contributed by atoms with E-state index in [1.165, 1.54) is 71.2 Å². The third-order valence-electron chi connectivity index (χ3n) is 3.80. The second kappa shape index (κ2) is 9.76. The van der Waals surface area contributed by atoms with Gasteiger partial charge in [-0.25, -0.2) is 0 Å². The van der Waals surface area contributed by atoms with Gasteiger partial charge in [0.2, 0.25) is 0 Å². The monoisotopic (exact) mass is 255 g/mol. The largest absolute Gasteiger partial charge is 0.317 e. The standard InChI is InChI=1S/C15H33N3/c1-4-10-16-11-6-5-7-12-18-13-8-9-15(18)14-17(2)3/h15-16H,4-14H2,1-3H3. The lowest BCUT2D eigenvalue weighted by Crippen LogP contribution is -2.38. The van der Waals surface area contributed by atoms with E-state index < -0.39 is 0 Å². The maximum absolute atomic E-state index is 3.48. The molecule has 1 aliphatic heterocycles. The van der Waals surface area contributed by atoms with Gasteiger partial charge < -0.3 is 10.2 Å². The minimum absolute atomic E-state index is 0.818. The zero-order valence-electron chi connectivity index (χ0n) is 12.7. The van der Waals surface area contributed by atoms with Crippen LogP contribution in [0.15, 0.2) is 0 Å². The van der Waals surface area contributed by atoms with Gasteiger partial charge in [-0.3, -0.25) is 4.90 Å². The van der Waals surface area contributed by atoms with Crippen molar-refractivity contribution in [2.75, 3.05) is 46.8 Å². The summed E-state index contributed by atoms with van der Waals surface area (Å²) in [6.07, 6.45) is 8.14. The summed E-state index contributed by atoms with van der Waals surface area (Å²) in [5.74, 6) is 0. The second-order valence-electron chi connectivity index (χ2n) is 5.90. The van der Waals surface area contributed by atoms with Crippen molar-refractivity contribution in [3.63, 3.8) is 0 Å². The van der Waals surface area contributed by atoms with E-state index in [1.807, 2.05) is 0 Å². The van der Waals surface area contributed by atoms with E-state index >= 15 is 0 Å². The Morgan fingerprint density at radius 2 is 2.00 bits per heavy atom. The lowest BCUT2D eigenvalue weighted by Gasteiger charge is -2.26. The van der Waals surface area contributed by atoms with Gasteiger partial charge in [-0.15, -0.1) is 0 Å². The molecule has 0 saturated carbocycles. The Morgan fingerprint density at radius 3 is 2.72 bits per heavy atom. The predicted octanol–water partition coefficient (Wildman–Crippen LogP) is 2.18. The molecule has 1 heterocycles. The molecule has 0 aliphatic carbocycles. The lowest BCUT2D eigenvalue weighted by molar-refractivity contribution is 0.204. The van der Waals surface area contributed by atoms with Crippen LogP contribution in [0, 0.1) is 0 Å². The van der Waals surface area contributed by atoms with Gasteiger partial charge in [0.1, 0.15) is 0 Å². The van der Waals surface area contributed by atoms with Gasteiger partial charge >= 0.3 is 0 Å². The number of nitrogens with one attached hydrogen (secondary N) is 1. The Kier molecular flexibility index (Phi) is 8.64. The number of hydrogen-bond acceptors (Lipinski definition) is 3. The molecule has 1 rings (SSSR count). The van der Waals surface area contributed by atoms with Crippen molar-refractivity contribution < 1.29 is 0 Å². The summed E-state index contributed by atoms with van der Waals surface area (Å²) in [7, 11) is 4.38. The number of hydrogen-bond donors (Lipinski definition) is 1. The van der Waals surface area contributed by atoms with Crippen LogP contribution in [0.3, 0.4) is 0 Å². The van der Waals surface area contributed by atoms with Crippen LogP contribution in [0.1, 0.15) is 45.4 Å². The van der Waals surface area contributed by atoms with Crippen molar-refractivity contribution >= 4 is 0 Å². The molecule has 1 aliphatic rings. The molecule has 18 heavy (non-hydrogen) atoms. The van der Waals surface area contributed by atoms with Gasteiger partial charge in [-0.05, 0) is 72.4 Å². The Labute approximate surface area is 114 Å². The highest BCUT2D eigenvalue weighted by molar-refractivity contribution is 4.80. The van der Waals surface area contributed by atoms with E-state index in [0.29, 0.717) is 0 Å². The summed E-state index contributed by atoms with van der Waals surface area (Å²) in [4.78, 5) is 5.04. The first-order chi connectivity index (χ1) is 8.74. The fourth-order valence-corrected chi connectivity index (χ4v) is 2.86. The van der Waals surface area contributed by atoms with Crippen LogP contribution >= 0.6 is 0 Å². The summed E-state index contributed by atoms with van der Waals surface area (Å²) < 4.78 is 0. The molecule has 0 radical (unpaired) electrons. The molecular formula is C15H33N3. The lowest BCUT2D eigenvalue weighted by atomic mass is 10.2. The molecule has 3 nitrogen and oxygen atoms in total. The fourth-order valence-electron chi connectivity index (χ4n) is 2.86. The van der Waals surface area contributed by atoms with E-state index in [2.05, 4.69) is 36.1 Å². The molecule has 1 fully saturated rings. The first-order valence-corrected chi connectivity index (χ1v) is 7.83. The molecule has 1 saturated heterocycles. The van der Waals surface area contributed by atoms with Crippen LogP contribution in [0.2, 0.25) is 0 Å². The summed E-state index contributed by atoms with van der Waals surface area (Å²) >= 11 is 0. The van der Waals surface area contributed by atoms with Crippen molar-refractivity contribution in [2.24, 2.45) is 0 Å². The molecule has 1 unspecified atom stereocenters. The average molecular weight is 255 g/mol. The second-order valence-corrected chi connectivity index (χ2v) is 5.90. The van der Waals surface area contributed by atoms with Crippen molar-refractivity contribution in [3.05, 3.63) is 0 Å². The number of rotatable bonds is 10. The minimum Gasteiger partial charge on any atom is -0.317 e. The SMILES string of the molecule is CCCNCCCCCN1CCCC1CN(C)C. The highest BCUT2D eigenvalue weighted by Crippen LogP contribution is 2.18. The zero-order chi connectivity index (χ0) is 13.2. The maximum atomic E-state index is 3.48. The molecule has 1 N–H and O–H groups in total. The predicted molar refractivity (Wildman–Crippen MR) is 80.2 cm³/mol. The van der Waals surface area contributed by atoms with E-state index in [4.69, 9.17) is 0 Å². The topological polar surface area (TPSA) is 18.5 Å². The molecule has 108 valence electrons. The third-order valence-corrected chi connectivity index (χ3v) is 3.80. The van der Waals surface area contributed by atoms with Crippen molar-refractivity contribution in [1.82, 2.24) is 15.1 Å². The van der Waals surface area contributed by atoms with Gasteiger partial charge in [-0.1, -0.05) is 13.3 Å². The Bertz CT molecular complexity index is 194. The molecule has 1 atom stereocenters. The third kappa shape index (κ3) is 6.72. The Balaban J connectivity index is 2.00. The summed E-state index contributed by atoms with van der Waals surface area (Å²) in [5, 5.41) is 3.48. The highest BCUT2D eigenvalue weighted by atomic mass is 15.2. The first kappa shape index (κ1) is 15.9. The van der Waals surface area contributed by atoms with Gasteiger partial charge in [0.15, 0.2) is 0 Å². The smallest absolute Gasteiger partial charge is 0.0223 e. The van der Waals surface area contributed by atoms with Crippen molar-refractivity contribution in [3.8, 4) is 0 Å². The molecule has 0 amide bonds. The Hall–Kier alpha value is -0.120. The maximum Gasteiger partial charge on any atom is 0.0223 e. The summed E-state index contributed by atoms with van der Waals surface area (Å²) in [6.45, 7) is 8.48. The van der Waals surface area contributed by atoms with E-state index in [-0.39, 0.29) is 0 Å². The minimum atomic E-state index is 0.818. The van der Waals surface area contributed by atoms with Crippen LogP contribution in [0.25, 0.3) is 0 Å². The quantitative estimate of drug-likeness (QED) is 0.604. The normalized spacial score (nSPS) is 21.0. The van der Waals surface area contributed by atoms with Crippen LogP contribution in [0.4, 0.5) is 0 Å². The molecule has 3 heteroatoms.